The number of aryl methyl sites for hydroxylation is 1. The van der Waals surface area contributed by atoms with Crippen LogP contribution < -0.4 is 10.5 Å². The van der Waals surface area contributed by atoms with Gasteiger partial charge in [0.2, 0.25) is 0 Å². The highest BCUT2D eigenvalue weighted by Crippen LogP contribution is 2.24. The van der Waals surface area contributed by atoms with Crippen molar-refractivity contribution in [1.29, 1.82) is 0 Å². The quantitative estimate of drug-likeness (QED) is 0.852. The monoisotopic (exact) mass is 297 g/mol. The normalized spacial score (nSPS) is 11.3. The summed E-state index contributed by atoms with van der Waals surface area (Å²) in [5.41, 5.74) is 6.94. The highest BCUT2D eigenvalue weighted by Gasteiger charge is 2.17. The minimum Gasteiger partial charge on any atom is -0.398 e. The number of nitrogens with zero attached hydrogens (tertiary/aromatic N) is 1. The van der Waals surface area contributed by atoms with Crippen molar-refractivity contribution in [3.05, 3.63) is 47.2 Å². The molecule has 0 aliphatic carbocycles. The van der Waals surface area contributed by atoms with Crippen LogP contribution in [-0.2, 0) is 10.0 Å². The minimum atomic E-state index is -3.75. The lowest BCUT2D eigenvalue weighted by Crippen LogP contribution is -2.14. The van der Waals surface area contributed by atoms with Crippen LogP contribution in [0.15, 0.2) is 41.4 Å². The Morgan fingerprint density at radius 3 is 2.58 bits per heavy atom. The predicted octanol–water partition coefficient (Wildman–Crippen LogP) is 2.43. The lowest BCUT2D eigenvalue weighted by atomic mass is 10.3. The lowest BCUT2D eigenvalue weighted by Gasteiger charge is -2.10. The molecule has 100 valence electrons. The van der Waals surface area contributed by atoms with Crippen molar-refractivity contribution in [1.82, 2.24) is 4.98 Å². The van der Waals surface area contributed by atoms with E-state index in [2.05, 4.69) is 9.71 Å². The summed E-state index contributed by atoms with van der Waals surface area (Å²) in [6.45, 7) is 1.81. The Hall–Kier alpha value is -1.79. The number of nitrogens with one attached hydrogen (secondary N) is 1. The third-order valence-electron chi connectivity index (χ3n) is 2.42. The molecule has 0 aliphatic rings. The number of anilines is 2. The molecule has 1 heterocycles. The number of nitrogen functional groups attached to an aromatic ring is 1. The van der Waals surface area contributed by atoms with E-state index in [1.54, 1.807) is 12.1 Å². The molecule has 1 aromatic heterocycles. The lowest BCUT2D eigenvalue weighted by molar-refractivity contribution is 0.601. The maximum absolute atomic E-state index is 12.2. The van der Waals surface area contributed by atoms with E-state index in [4.69, 9.17) is 17.3 Å². The number of halogens is 1. The number of rotatable bonds is 3. The molecule has 0 aliphatic heterocycles. The summed E-state index contributed by atoms with van der Waals surface area (Å²) in [6.07, 6.45) is 1.44. The second-order valence-corrected chi connectivity index (χ2v) is 6.06. The van der Waals surface area contributed by atoms with Crippen molar-refractivity contribution in [3.8, 4) is 0 Å². The molecule has 0 bridgehead atoms. The van der Waals surface area contributed by atoms with Crippen molar-refractivity contribution < 1.29 is 8.42 Å². The van der Waals surface area contributed by atoms with E-state index in [0.29, 0.717) is 10.7 Å². The van der Waals surface area contributed by atoms with Gasteiger partial charge in [-0.2, -0.15) is 0 Å². The molecule has 0 unspecified atom stereocenters. The first-order chi connectivity index (χ1) is 8.88. The number of benzene rings is 1. The van der Waals surface area contributed by atoms with E-state index in [1.807, 2.05) is 6.92 Å². The van der Waals surface area contributed by atoms with Crippen molar-refractivity contribution in [3.63, 3.8) is 0 Å². The third-order valence-corrected chi connectivity index (χ3v) is 4.12. The van der Waals surface area contributed by atoms with Crippen molar-refractivity contribution >= 4 is 33.0 Å². The fraction of sp³-hybridized carbons (Fsp3) is 0.0833. The van der Waals surface area contributed by atoms with Gasteiger partial charge in [-0.3, -0.25) is 9.71 Å². The standard InChI is InChI=1S/C12H12ClN3O2S/c1-8-2-4-10(7-15-8)16-19(17,18)12-5-3-9(13)6-11(12)14/h2-7,16H,14H2,1H3. The summed E-state index contributed by atoms with van der Waals surface area (Å²) in [5.74, 6) is 0. The van der Waals surface area contributed by atoms with E-state index >= 15 is 0 Å². The molecular formula is C12H12ClN3O2S. The number of hydrogen-bond donors (Lipinski definition) is 2. The van der Waals surface area contributed by atoms with E-state index in [1.165, 1.54) is 24.4 Å². The fourth-order valence-electron chi connectivity index (χ4n) is 1.50. The molecule has 0 atom stereocenters. The molecule has 2 rings (SSSR count). The Morgan fingerprint density at radius 2 is 2.00 bits per heavy atom. The topological polar surface area (TPSA) is 85.1 Å². The number of aromatic nitrogens is 1. The summed E-state index contributed by atoms with van der Waals surface area (Å²) < 4.78 is 26.7. The number of nitrogens with two attached hydrogens (primary N) is 1. The van der Waals surface area contributed by atoms with E-state index in [-0.39, 0.29) is 10.6 Å². The van der Waals surface area contributed by atoms with Gasteiger partial charge in [-0.15, -0.1) is 0 Å². The summed E-state index contributed by atoms with van der Waals surface area (Å²) in [7, 11) is -3.75. The van der Waals surface area contributed by atoms with Gasteiger partial charge >= 0.3 is 0 Å². The summed E-state index contributed by atoms with van der Waals surface area (Å²) in [5, 5.41) is 0.383. The SMILES string of the molecule is Cc1ccc(NS(=O)(=O)c2ccc(Cl)cc2N)cn1. The molecule has 0 spiro atoms. The minimum absolute atomic E-state index is 0.0162. The highest BCUT2D eigenvalue weighted by atomic mass is 35.5. The maximum atomic E-state index is 12.2. The fourth-order valence-corrected chi connectivity index (χ4v) is 2.84. The Kier molecular flexibility index (Phi) is 3.64. The van der Waals surface area contributed by atoms with Gasteiger partial charge in [-0.1, -0.05) is 11.6 Å². The van der Waals surface area contributed by atoms with Crippen LogP contribution >= 0.6 is 11.6 Å². The van der Waals surface area contributed by atoms with Crippen LogP contribution in [-0.4, -0.2) is 13.4 Å². The third kappa shape index (κ3) is 3.15. The summed E-state index contributed by atoms with van der Waals surface area (Å²) in [6, 6.07) is 7.57. The zero-order chi connectivity index (χ0) is 14.0. The number of hydrogen-bond acceptors (Lipinski definition) is 4. The van der Waals surface area contributed by atoms with Gasteiger partial charge < -0.3 is 5.73 Å². The van der Waals surface area contributed by atoms with Crippen LogP contribution in [0.2, 0.25) is 5.02 Å². The van der Waals surface area contributed by atoms with Crippen LogP contribution in [0.1, 0.15) is 5.69 Å². The van der Waals surface area contributed by atoms with E-state index in [9.17, 15) is 8.42 Å². The van der Waals surface area contributed by atoms with Crippen molar-refractivity contribution in [2.24, 2.45) is 0 Å². The Bertz CT molecular complexity index is 699. The van der Waals surface area contributed by atoms with Crippen LogP contribution in [0.3, 0.4) is 0 Å². The maximum Gasteiger partial charge on any atom is 0.263 e. The molecule has 0 fully saturated rings. The first-order valence-corrected chi connectivity index (χ1v) is 7.25. The zero-order valence-corrected chi connectivity index (χ0v) is 11.7. The van der Waals surface area contributed by atoms with Crippen molar-refractivity contribution in [2.45, 2.75) is 11.8 Å². The largest absolute Gasteiger partial charge is 0.398 e. The Balaban J connectivity index is 2.35. The molecule has 5 nitrogen and oxygen atoms in total. The van der Waals surface area contributed by atoms with Gasteiger partial charge in [0, 0.05) is 10.7 Å². The Morgan fingerprint density at radius 1 is 1.26 bits per heavy atom. The van der Waals surface area contributed by atoms with Gasteiger partial charge in [-0.25, -0.2) is 8.42 Å². The first kappa shape index (κ1) is 13.6. The Labute approximate surface area is 116 Å². The second kappa shape index (κ2) is 5.07. The number of sulfonamides is 1. The number of pyridine rings is 1. The molecule has 0 amide bonds. The van der Waals surface area contributed by atoms with Crippen LogP contribution in [0.5, 0.6) is 0 Å². The van der Waals surface area contributed by atoms with E-state index < -0.39 is 10.0 Å². The van der Waals surface area contributed by atoms with Gasteiger partial charge in [0.25, 0.3) is 10.0 Å². The molecule has 0 saturated carbocycles. The van der Waals surface area contributed by atoms with Crippen LogP contribution in [0.4, 0.5) is 11.4 Å². The molecule has 2 aromatic rings. The molecule has 0 saturated heterocycles. The molecule has 7 heteroatoms. The van der Waals surface area contributed by atoms with E-state index in [0.717, 1.165) is 5.69 Å². The molecular weight excluding hydrogens is 286 g/mol. The van der Waals surface area contributed by atoms with Crippen molar-refractivity contribution in [2.75, 3.05) is 10.5 Å². The van der Waals surface area contributed by atoms with Crippen LogP contribution in [0.25, 0.3) is 0 Å². The molecule has 19 heavy (non-hydrogen) atoms. The highest BCUT2D eigenvalue weighted by molar-refractivity contribution is 7.92. The van der Waals surface area contributed by atoms with Gasteiger partial charge in [0.15, 0.2) is 0 Å². The van der Waals surface area contributed by atoms with Crippen LogP contribution in [0, 0.1) is 6.92 Å². The molecule has 0 radical (unpaired) electrons. The smallest absolute Gasteiger partial charge is 0.263 e. The summed E-state index contributed by atoms with van der Waals surface area (Å²) in [4.78, 5) is 4.00. The van der Waals surface area contributed by atoms with Gasteiger partial charge in [-0.05, 0) is 37.3 Å². The zero-order valence-electron chi connectivity index (χ0n) is 10.1. The van der Waals surface area contributed by atoms with Gasteiger partial charge in [0.05, 0.1) is 17.6 Å². The predicted molar refractivity (Wildman–Crippen MR) is 75.6 cm³/mol. The summed E-state index contributed by atoms with van der Waals surface area (Å²) >= 11 is 5.74. The first-order valence-electron chi connectivity index (χ1n) is 5.39. The molecule has 3 N–H and O–H groups in total. The average Bonchev–Trinajstić information content (AvgIpc) is 2.31. The average molecular weight is 298 g/mol. The molecule has 1 aromatic carbocycles. The second-order valence-electron chi connectivity index (χ2n) is 3.98. The van der Waals surface area contributed by atoms with Gasteiger partial charge in [0.1, 0.15) is 4.90 Å².